The minimum absolute atomic E-state index is 0.112. The fourth-order valence-electron chi connectivity index (χ4n) is 3.56. The molecule has 0 aliphatic carbocycles. The van der Waals surface area contributed by atoms with E-state index in [0.717, 1.165) is 17.7 Å². The number of ketones is 1. The van der Waals surface area contributed by atoms with Crippen molar-refractivity contribution < 1.29 is 13.6 Å². The minimum Gasteiger partial charge on any atom is -0.408 e. The van der Waals surface area contributed by atoms with Gasteiger partial charge in [0.15, 0.2) is 5.78 Å². The molecule has 0 fully saturated rings. The van der Waals surface area contributed by atoms with Gasteiger partial charge in [-0.05, 0) is 84.3 Å². The highest BCUT2D eigenvalue weighted by molar-refractivity contribution is 7.12. The van der Waals surface area contributed by atoms with E-state index < -0.39 is 11.2 Å². The number of benzene rings is 1. The second-order valence-electron chi connectivity index (χ2n) is 12.4. The topological polar surface area (TPSA) is 35.5 Å². The molecule has 192 valence electrons. The van der Waals surface area contributed by atoms with Crippen LogP contribution in [0.25, 0.3) is 0 Å². The van der Waals surface area contributed by atoms with Crippen LogP contribution in [0, 0.1) is 0 Å². The minimum atomic E-state index is -0.439. The number of carbonyl (C=O) groups is 1. The molecule has 0 aliphatic heterocycles. The van der Waals surface area contributed by atoms with E-state index in [0.29, 0.717) is 25.9 Å². The predicted molar refractivity (Wildman–Crippen MR) is 152 cm³/mol. The van der Waals surface area contributed by atoms with Crippen LogP contribution in [0.2, 0.25) is 10.1 Å². The zero-order valence-corrected chi connectivity index (χ0v) is 26.5. The highest BCUT2D eigenvalue weighted by atomic mass is 32.1. The van der Waals surface area contributed by atoms with Gasteiger partial charge in [0.05, 0.1) is 16.1 Å². The van der Waals surface area contributed by atoms with Gasteiger partial charge < -0.3 is 8.85 Å². The van der Waals surface area contributed by atoms with Crippen LogP contribution in [0.15, 0.2) is 29.6 Å². The second-order valence-corrected chi connectivity index (χ2v) is 17.1. The summed E-state index contributed by atoms with van der Waals surface area (Å²) in [6, 6.07) is 8.85. The molecule has 3 nitrogen and oxygen atoms in total. The van der Waals surface area contributed by atoms with Crippen molar-refractivity contribution in [3.8, 4) is 0 Å². The summed E-state index contributed by atoms with van der Waals surface area (Å²) < 4.78 is 13.1. The Hall–Kier alpha value is -1.06. The van der Waals surface area contributed by atoms with Crippen LogP contribution in [-0.4, -0.2) is 25.3 Å². The molecule has 1 aromatic heterocycles. The van der Waals surface area contributed by atoms with Crippen molar-refractivity contribution in [1.82, 2.24) is 0 Å². The highest BCUT2D eigenvalue weighted by Gasteiger charge is 2.34. The van der Waals surface area contributed by atoms with Crippen molar-refractivity contribution in [2.75, 3.05) is 0 Å². The highest BCUT2D eigenvalue weighted by Crippen LogP contribution is 2.39. The Morgan fingerprint density at radius 3 is 1.80 bits per heavy atom. The first kappa shape index (κ1) is 30.2. The van der Waals surface area contributed by atoms with Gasteiger partial charge in [-0.15, -0.1) is 11.3 Å². The van der Waals surface area contributed by atoms with Gasteiger partial charge in [0, 0.05) is 6.42 Å². The van der Waals surface area contributed by atoms with Crippen LogP contribution < -0.4 is 0 Å². The molecular weight excluding hydrogens is 485 g/mol. The molecule has 0 atom stereocenters. The van der Waals surface area contributed by atoms with Gasteiger partial charge in [-0.25, -0.2) is 0 Å². The Morgan fingerprint density at radius 1 is 0.771 bits per heavy atom. The normalized spacial score (nSPS) is 13.3. The van der Waals surface area contributed by atoms with Crippen LogP contribution in [0.3, 0.4) is 0 Å². The number of aryl methyl sites for hydroxylation is 2. The number of rotatable bonds is 11. The zero-order chi connectivity index (χ0) is 26.7. The average molecular weight is 529 g/mol. The van der Waals surface area contributed by atoms with Crippen LogP contribution >= 0.6 is 11.3 Å². The largest absolute Gasteiger partial charge is 0.408 e. The van der Waals surface area contributed by atoms with E-state index in [1.807, 2.05) is 6.92 Å². The molecule has 2 rings (SSSR count). The first-order valence-electron chi connectivity index (χ1n) is 12.6. The molecule has 0 saturated carbocycles. The Bertz CT molecular complexity index is 994. The SMILES string of the molecule is CCC(=O)c1cc(CCc2ccc(C(C)(C)O[Si]C(C)(C)C)c(C(C)(C)O[Si]C(C)(C)C)c2)cs1. The van der Waals surface area contributed by atoms with Gasteiger partial charge in [0.1, 0.15) is 0 Å². The monoisotopic (exact) mass is 528 g/mol. The van der Waals surface area contributed by atoms with Crippen LogP contribution in [0.5, 0.6) is 0 Å². The molecule has 0 bridgehead atoms. The van der Waals surface area contributed by atoms with E-state index in [1.165, 1.54) is 22.3 Å². The first-order chi connectivity index (χ1) is 15.9. The summed E-state index contributed by atoms with van der Waals surface area (Å²) in [6.45, 7) is 23.9. The Balaban J connectivity index is 2.36. The van der Waals surface area contributed by atoms with E-state index >= 15 is 0 Å². The standard InChI is InChI=1S/C29H44O3SSi2/c1-12-24(30)25-18-21(19-33-25)14-13-20-15-16-22(28(8,9)31-34-26(2,3)4)23(17-20)29(10,11)32-35-27(5,6)7/h15-19H,12-14H2,1-11H3. The van der Waals surface area contributed by atoms with Crippen LogP contribution in [0.1, 0.15) is 115 Å². The van der Waals surface area contributed by atoms with Crippen molar-refractivity contribution in [2.45, 2.75) is 117 Å². The third-order valence-electron chi connectivity index (χ3n) is 5.56. The van der Waals surface area contributed by atoms with Gasteiger partial charge >= 0.3 is 0 Å². The smallest absolute Gasteiger partial charge is 0.236 e. The fourth-order valence-corrected chi connectivity index (χ4v) is 5.86. The lowest BCUT2D eigenvalue weighted by Gasteiger charge is -2.37. The van der Waals surface area contributed by atoms with E-state index in [9.17, 15) is 4.79 Å². The van der Waals surface area contributed by atoms with Crippen molar-refractivity contribution >= 4 is 36.6 Å². The number of Topliss-reactive ketones (excluding diaryl/α,β-unsaturated/α-hetero) is 1. The number of hydrogen-bond donors (Lipinski definition) is 0. The molecule has 4 radical (unpaired) electrons. The summed E-state index contributed by atoms with van der Waals surface area (Å²) >= 11 is 1.56. The molecule has 2 aromatic rings. The van der Waals surface area contributed by atoms with Crippen molar-refractivity contribution in [3.05, 3.63) is 56.8 Å². The maximum Gasteiger partial charge on any atom is 0.236 e. The lowest BCUT2D eigenvalue weighted by Crippen LogP contribution is -2.34. The second kappa shape index (κ2) is 11.6. The van der Waals surface area contributed by atoms with Gasteiger partial charge in [0.25, 0.3) is 0 Å². The fraction of sp³-hybridized carbons (Fsp3) is 0.621. The first-order valence-corrected chi connectivity index (χ1v) is 15.3. The molecular formula is C29H44O3SSi2. The summed E-state index contributed by atoms with van der Waals surface area (Å²) in [5.41, 5.74) is 4.04. The molecule has 0 spiro atoms. The number of hydrogen-bond acceptors (Lipinski definition) is 4. The lowest BCUT2D eigenvalue weighted by molar-refractivity contribution is 0.0829. The van der Waals surface area contributed by atoms with Gasteiger partial charge in [-0.3, -0.25) is 4.79 Å². The van der Waals surface area contributed by atoms with Gasteiger partial charge in [-0.1, -0.05) is 66.7 Å². The Kier molecular flexibility index (Phi) is 9.96. The molecule has 0 N–H and O–H groups in total. The molecule has 6 heteroatoms. The molecule has 0 saturated heterocycles. The van der Waals surface area contributed by atoms with E-state index in [2.05, 4.69) is 98.9 Å². The summed E-state index contributed by atoms with van der Waals surface area (Å²) in [7, 11) is 0.799. The number of carbonyl (C=O) groups excluding carboxylic acids is 1. The van der Waals surface area contributed by atoms with Crippen LogP contribution in [0.4, 0.5) is 0 Å². The third kappa shape index (κ3) is 9.40. The number of thiophene rings is 1. The quantitative estimate of drug-likeness (QED) is 0.217. The Labute approximate surface area is 223 Å². The maximum atomic E-state index is 12.0. The summed E-state index contributed by atoms with van der Waals surface area (Å²) in [5, 5.41) is 2.36. The third-order valence-corrected chi connectivity index (χ3v) is 9.03. The summed E-state index contributed by atoms with van der Waals surface area (Å²) in [4.78, 5) is 12.9. The van der Waals surface area contributed by atoms with Crippen LogP contribution in [-0.2, 0) is 32.9 Å². The molecule has 35 heavy (non-hydrogen) atoms. The van der Waals surface area contributed by atoms with E-state index in [-0.39, 0.29) is 15.9 Å². The maximum absolute atomic E-state index is 12.0. The summed E-state index contributed by atoms with van der Waals surface area (Å²) in [6.07, 6.45) is 2.40. The van der Waals surface area contributed by atoms with E-state index in [4.69, 9.17) is 8.85 Å². The Morgan fingerprint density at radius 2 is 1.29 bits per heavy atom. The van der Waals surface area contributed by atoms with Gasteiger partial charge in [0.2, 0.25) is 19.5 Å². The molecule has 1 heterocycles. The average Bonchev–Trinajstić information content (AvgIpc) is 3.22. The zero-order valence-electron chi connectivity index (χ0n) is 23.6. The molecule has 0 aliphatic rings. The van der Waals surface area contributed by atoms with E-state index in [1.54, 1.807) is 11.3 Å². The molecule has 0 unspecified atom stereocenters. The van der Waals surface area contributed by atoms with Crippen molar-refractivity contribution in [2.24, 2.45) is 0 Å². The summed E-state index contributed by atoms with van der Waals surface area (Å²) in [5.74, 6) is 0.227. The van der Waals surface area contributed by atoms with Gasteiger partial charge in [-0.2, -0.15) is 0 Å². The lowest BCUT2D eigenvalue weighted by atomic mass is 9.84. The predicted octanol–water partition coefficient (Wildman–Crippen LogP) is 8.30. The van der Waals surface area contributed by atoms with Crippen molar-refractivity contribution in [3.63, 3.8) is 0 Å². The van der Waals surface area contributed by atoms with Crippen molar-refractivity contribution in [1.29, 1.82) is 0 Å². The molecule has 0 amide bonds. The molecule has 1 aromatic carbocycles.